The number of rotatable bonds is 5. The van der Waals surface area contributed by atoms with E-state index in [1.807, 2.05) is 0 Å². The summed E-state index contributed by atoms with van der Waals surface area (Å²) in [6.07, 6.45) is -0.723. The molecule has 0 fully saturated rings. The van der Waals surface area contributed by atoms with Gasteiger partial charge in [-0.05, 0) is 44.0 Å². The lowest BCUT2D eigenvalue weighted by Crippen LogP contribution is -2.31. The van der Waals surface area contributed by atoms with Crippen LogP contribution in [0.3, 0.4) is 0 Å². The molecule has 6 heteroatoms. The molecule has 1 aromatic rings. The van der Waals surface area contributed by atoms with Gasteiger partial charge in [-0.3, -0.25) is 0 Å². The molecule has 0 amide bonds. The molecule has 18 heavy (non-hydrogen) atoms. The zero-order chi connectivity index (χ0) is 13.9. The molecule has 5 nitrogen and oxygen atoms in total. The smallest absolute Gasteiger partial charge is 0.241 e. The van der Waals surface area contributed by atoms with E-state index in [0.717, 1.165) is 0 Å². The number of sulfonamides is 1. The lowest BCUT2D eigenvalue weighted by Gasteiger charge is -2.14. The van der Waals surface area contributed by atoms with Crippen molar-refractivity contribution in [3.05, 3.63) is 23.3 Å². The minimum Gasteiger partial charge on any atom is -0.497 e. The molecule has 0 aliphatic carbocycles. The summed E-state index contributed by atoms with van der Waals surface area (Å²) in [5.41, 5.74) is 1.23. The van der Waals surface area contributed by atoms with Crippen molar-refractivity contribution in [2.45, 2.75) is 31.8 Å². The van der Waals surface area contributed by atoms with E-state index in [-0.39, 0.29) is 11.4 Å². The maximum atomic E-state index is 12.1. The summed E-state index contributed by atoms with van der Waals surface area (Å²) in [6.45, 7) is 4.95. The molecule has 0 aromatic heterocycles. The predicted octanol–water partition coefficient (Wildman–Crippen LogP) is 0.971. The Bertz CT molecular complexity index is 500. The van der Waals surface area contributed by atoms with Crippen molar-refractivity contribution in [1.29, 1.82) is 0 Å². The Morgan fingerprint density at radius 3 is 2.22 bits per heavy atom. The van der Waals surface area contributed by atoms with Crippen molar-refractivity contribution < 1.29 is 18.3 Å². The monoisotopic (exact) mass is 273 g/mol. The molecule has 0 aliphatic heterocycles. The second kappa shape index (κ2) is 5.69. The van der Waals surface area contributed by atoms with E-state index in [4.69, 9.17) is 9.84 Å². The third-order valence-electron chi connectivity index (χ3n) is 2.51. The van der Waals surface area contributed by atoms with Crippen molar-refractivity contribution in [2.75, 3.05) is 13.7 Å². The van der Waals surface area contributed by atoms with Crippen molar-refractivity contribution >= 4 is 10.0 Å². The van der Waals surface area contributed by atoms with Gasteiger partial charge >= 0.3 is 0 Å². The third-order valence-corrected chi connectivity index (χ3v) is 4.24. The van der Waals surface area contributed by atoms with Crippen LogP contribution in [0.5, 0.6) is 5.75 Å². The van der Waals surface area contributed by atoms with Crippen molar-refractivity contribution in [2.24, 2.45) is 0 Å². The van der Waals surface area contributed by atoms with Gasteiger partial charge in [0.15, 0.2) is 0 Å². The number of benzene rings is 1. The molecule has 1 aromatic carbocycles. The van der Waals surface area contributed by atoms with Gasteiger partial charge in [0, 0.05) is 6.54 Å². The molecule has 0 aliphatic rings. The number of aliphatic hydroxyl groups excluding tert-OH is 1. The van der Waals surface area contributed by atoms with E-state index in [0.29, 0.717) is 16.9 Å². The Labute approximate surface area is 108 Å². The van der Waals surface area contributed by atoms with Crippen LogP contribution in [-0.4, -0.2) is 33.3 Å². The average molecular weight is 273 g/mol. The van der Waals surface area contributed by atoms with Crippen LogP contribution in [0.1, 0.15) is 18.1 Å². The highest BCUT2D eigenvalue weighted by Crippen LogP contribution is 2.25. The number of ether oxygens (including phenoxy) is 1. The summed E-state index contributed by atoms with van der Waals surface area (Å²) in [5, 5.41) is 9.14. The minimum atomic E-state index is -3.61. The number of hydrogen-bond acceptors (Lipinski definition) is 4. The molecular weight excluding hydrogens is 254 g/mol. The van der Waals surface area contributed by atoms with Crippen LogP contribution in [-0.2, 0) is 10.0 Å². The van der Waals surface area contributed by atoms with Gasteiger partial charge in [0.25, 0.3) is 0 Å². The molecular formula is C12H19NO4S. The fourth-order valence-electron chi connectivity index (χ4n) is 1.75. The van der Waals surface area contributed by atoms with Gasteiger partial charge in [-0.15, -0.1) is 0 Å². The highest BCUT2D eigenvalue weighted by molar-refractivity contribution is 7.89. The quantitative estimate of drug-likeness (QED) is 0.838. The lowest BCUT2D eigenvalue weighted by atomic mass is 10.1. The minimum absolute atomic E-state index is 0.00670. The highest BCUT2D eigenvalue weighted by atomic mass is 32.2. The van der Waals surface area contributed by atoms with Crippen LogP contribution in [0.15, 0.2) is 17.0 Å². The topological polar surface area (TPSA) is 75.6 Å². The second-order valence-electron chi connectivity index (χ2n) is 4.29. The SMILES string of the molecule is COc1cc(C)c(S(=O)(=O)NC[C@H](C)O)c(C)c1. The maximum absolute atomic E-state index is 12.1. The number of hydrogen-bond donors (Lipinski definition) is 2. The summed E-state index contributed by atoms with van der Waals surface area (Å²) < 4.78 is 31.7. The van der Waals surface area contributed by atoms with Crippen LogP contribution < -0.4 is 9.46 Å². The summed E-state index contributed by atoms with van der Waals surface area (Å²) in [6, 6.07) is 3.34. The lowest BCUT2D eigenvalue weighted by molar-refractivity contribution is 0.198. The maximum Gasteiger partial charge on any atom is 0.241 e. The molecule has 1 rings (SSSR count). The van der Waals surface area contributed by atoms with Crippen LogP contribution in [0.25, 0.3) is 0 Å². The first-order chi connectivity index (χ1) is 8.27. The molecule has 102 valence electrons. The molecule has 0 bridgehead atoms. The first-order valence-electron chi connectivity index (χ1n) is 5.61. The van der Waals surface area contributed by atoms with Gasteiger partial charge in [0.05, 0.1) is 18.1 Å². The van der Waals surface area contributed by atoms with Crippen molar-refractivity contribution in [3.63, 3.8) is 0 Å². The van der Waals surface area contributed by atoms with Crippen LogP contribution in [0, 0.1) is 13.8 Å². The Balaban J connectivity index is 3.17. The molecule has 0 saturated heterocycles. The predicted molar refractivity (Wildman–Crippen MR) is 69.3 cm³/mol. The van der Waals surface area contributed by atoms with E-state index in [1.165, 1.54) is 14.0 Å². The van der Waals surface area contributed by atoms with Gasteiger partial charge in [-0.2, -0.15) is 0 Å². The first kappa shape index (κ1) is 14.9. The molecule has 2 N–H and O–H groups in total. The second-order valence-corrected chi connectivity index (χ2v) is 6.00. The first-order valence-corrected chi connectivity index (χ1v) is 7.09. The Hall–Kier alpha value is -1.11. The van der Waals surface area contributed by atoms with Gasteiger partial charge < -0.3 is 9.84 Å². The van der Waals surface area contributed by atoms with Crippen molar-refractivity contribution in [1.82, 2.24) is 4.72 Å². The van der Waals surface area contributed by atoms with Crippen LogP contribution in [0.4, 0.5) is 0 Å². The normalized spacial score (nSPS) is 13.4. The highest BCUT2D eigenvalue weighted by Gasteiger charge is 2.20. The molecule has 0 spiro atoms. The Kier molecular flexibility index (Phi) is 4.72. The summed E-state index contributed by atoms with van der Waals surface area (Å²) >= 11 is 0. The fourth-order valence-corrected chi connectivity index (χ4v) is 3.33. The van der Waals surface area contributed by atoms with Gasteiger partial charge in [-0.1, -0.05) is 0 Å². The zero-order valence-electron chi connectivity index (χ0n) is 11.0. The van der Waals surface area contributed by atoms with Crippen LogP contribution in [0.2, 0.25) is 0 Å². The average Bonchev–Trinajstić information content (AvgIpc) is 2.25. The van der Waals surface area contributed by atoms with Gasteiger partial charge in [0.1, 0.15) is 5.75 Å². The van der Waals surface area contributed by atoms with E-state index in [9.17, 15) is 8.42 Å². The Morgan fingerprint density at radius 2 is 1.83 bits per heavy atom. The molecule has 0 unspecified atom stereocenters. The third kappa shape index (κ3) is 3.44. The summed E-state index contributed by atoms with van der Waals surface area (Å²) in [4.78, 5) is 0.240. The van der Waals surface area contributed by atoms with E-state index in [2.05, 4.69) is 4.72 Å². The van der Waals surface area contributed by atoms with E-state index >= 15 is 0 Å². The largest absolute Gasteiger partial charge is 0.497 e. The number of nitrogens with one attached hydrogen (secondary N) is 1. The van der Waals surface area contributed by atoms with E-state index < -0.39 is 16.1 Å². The van der Waals surface area contributed by atoms with Gasteiger partial charge in [-0.25, -0.2) is 13.1 Å². The summed E-state index contributed by atoms with van der Waals surface area (Å²) in [5.74, 6) is 0.625. The standard InChI is InChI=1S/C12H19NO4S/c1-8-5-11(17-4)6-9(2)12(8)18(15,16)13-7-10(3)14/h5-6,10,13-14H,7H2,1-4H3/t10-/m0/s1. The molecule has 0 radical (unpaired) electrons. The number of methoxy groups -OCH3 is 1. The number of aryl methyl sites for hydroxylation is 2. The van der Waals surface area contributed by atoms with E-state index in [1.54, 1.807) is 26.0 Å². The summed E-state index contributed by atoms with van der Waals surface area (Å²) in [7, 11) is -2.07. The zero-order valence-corrected chi connectivity index (χ0v) is 11.8. The van der Waals surface area contributed by atoms with Crippen LogP contribution >= 0.6 is 0 Å². The molecule has 1 atom stereocenters. The molecule has 0 heterocycles. The Morgan fingerprint density at radius 1 is 1.33 bits per heavy atom. The fraction of sp³-hybridized carbons (Fsp3) is 0.500. The van der Waals surface area contributed by atoms with Crippen molar-refractivity contribution in [3.8, 4) is 5.75 Å². The molecule has 0 saturated carbocycles. The number of aliphatic hydroxyl groups is 1. The van der Waals surface area contributed by atoms with Gasteiger partial charge in [0.2, 0.25) is 10.0 Å².